The first kappa shape index (κ1) is 17.5. The first-order chi connectivity index (χ1) is 12.2. The van der Waals surface area contributed by atoms with Gasteiger partial charge < -0.3 is 10.1 Å². The van der Waals surface area contributed by atoms with Gasteiger partial charge >= 0.3 is 0 Å². The van der Waals surface area contributed by atoms with Crippen molar-refractivity contribution in [1.29, 1.82) is 0 Å². The fraction of sp³-hybridized carbons (Fsp3) is 0.409. The van der Waals surface area contributed by atoms with E-state index in [0.29, 0.717) is 0 Å². The summed E-state index contributed by atoms with van der Waals surface area (Å²) in [5.74, 6) is 0.774. The lowest BCUT2D eigenvalue weighted by Crippen LogP contribution is -2.22. The first-order valence-electron chi connectivity index (χ1n) is 9.37. The smallest absolute Gasteiger partial charge is 0.262 e. The molecule has 3 nitrogen and oxygen atoms in total. The normalized spacial score (nSPS) is 13.2. The van der Waals surface area contributed by atoms with E-state index in [1.807, 2.05) is 12.1 Å². The molecule has 0 radical (unpaired) electrons. The molecular weight excluding hydrogens is 310 g/mol. The average Bonchev–Trinajstić information content (AvgIpc) is 2.66. The van der Waals surface area contributed by atoms with Gasteiger partial charge in [-0.1, -0.05) is 44.2 Å². The molecule has 2 aromatic carbocycles. The van der Waals surface area contributed by atoms with Gasteiger partial charge in [-0.2, -0.15) is 0 Å². The molecule has 1 aliphatic rings. The minimum atomic E-state index is -0.0935. The van der Waals surface area contributed by atoms with Gasteiger partial charge in [0.15, 0.2) is 6.61 Å². The molecule has 0 fully saturated rings. The van der Waals surface area contributed by atoms with Crippen LogP contribution in [0.4, 0.5) is 5.69 Å². The number of anilines is 1. The Labute approximate surface area is 150 Å². The number of hydrogen-bond donors (Lipinski definition) is 1. The summed E-state index contributed by atoms with van der Waals surface area (Å²) < 4.78 is 5.87. The Morgan fingerprint density at radius 3 is 2.40 bits per heavy atom. The number of rotatable bonds is 6. The van der Waals surface area contributed by atoms with Crippen molar-refractivity contribution >= 4 is 11.6 Å². The van der Waals surface area contributed by atoms with Gasteiger partial charge in [-0.3, -0.25) is 4.79 Å². The molecule has 0 unspecified atom stereocenters. The summed E-state index contributed by atoms with van der Waals surface area (Å²) in [7, 11) is 0. The van der Waals surface area contributed by atoms with Crippen molar-refractivity contribution in [2.45, 2.75) is 52.4 Å². The monoisotopic (exact) mass is 337 g/mol. The van der Waals surface area contributed by atoms with Gasteiger partial charge in [0.25, 0.3) is 5.91 Å². The van der Waals surface area contributed by atoms with Gasteiger partial charge in [-0.15, -0.1) is 0 Å². The number of ether oxygens (including phenoxy) is 1. The standard InChI is InChI=1S/C22H27NO2/c1-3-16-10-7-11-17(4-2)22(16)23-21(24)15-25-20-14-8-12-18-9-5-6-13-19(18)20/h7-8,10-12,14H,3-6,9,13,15H2,1-2H3,(H,23,24). The number of nitrogens with one attached hydrogen (secondary N) is 1. The lowest BCUT2D eigenvalue weighted by molar-refractivity contribution is -0.118. The average molecular weight is 337 g/mol. The van der Waals surface area contributed by atoms with Gasteiger partial charge in [-0.05, 0) is 66.8 Å². The molecule has 0 saturated carbocycles. The van der Waals surface area contributed by atoms with Crippen LogP contribution >= 0.6 is 0 Å². The van der Waals surface area contributed by atoms with E-state index >= 15 is 0 Å². The van der Waals surface area contributed by atoms with E-state index in [0.717, 1.165) is 37.1 Å². The highest BCUT2D eigenvalue weighted by molar-refractivity contribution is 5.93. The van der Waals surface area contributed by atoms with Crippen molar-refractivity contribution in [2.75, 3.05) is 11.9 Å². The molecule has 2 aromatic rings. The third kappa shape index (κ3) is 4.04. The van der Waals surface area contributed by atoms with Gasteiger partial charge in [0, 0.05) is 5.69 Å². The molecule has 1 N–H and O–H groups in total. The Kier molecular flexibility index (Phi) is 5.75. The second kappa shape index (κ2) is 8.19. The Balaban J connectivity index is 1.69. The highest BCUT2D eigenvalue weighted by Crippen LogP contribution is 2.29. The summed E-state index contributed by atoms with van der Waals surface area (Å²) >= 11 is 0. The Morgan fingerprint density at radius 1 is 1.00 bits per heavy atom. The zero-order valence-electron chi connectivity index (χ0n) is 15.2. The van der Waals surface area contributed by atoms with E-state index < -0.39 is 0 Å². The molecule has 1 amide bonds. The summed E-state index contributed by atoms with van der Waals surface area (Å²) in [6, 6.07) is 12.4. The third-order valence-electron chi connectivity index (χ3n) is 4.97. The van der Waals surface area contributed by atoms with Gasteiger partial charge in [-0.25, -0.2) is 0 Å². The molecule has 25 heavy (non-hydrogen) atoms. The fourth-order valence-electron chi connectivity index (χ4n) is 3.60. The number of carbonyl (C=O) groups excluding carboxylic acids is 1. The van der Waals surface area contributed by atoms with Crippen molar-refractivity contribution in [2.24, 2.45) is 0 Å². The van der Waals surface area contributed by atoms with Gasteiger partial charge in [0.05, 0.1) is 0 Å². The predicted molar refractivity (Wildman–Crippen MR) is 102 cm³/mol. The van der Waals surface area contributed by atoms with Crippen LogP contribution in [-0.2, 0) is 30.5 Å². The van der Waals surface area contributed by atoms with Crippen LogP contribution in [0.15, 0.2) is 36.4 Å². The Hall–Kier alpha value is -2.29. The second-order valence-electron chi connectivity index (χ2n) is 6.60. The highest BCUT2D eigenvalue weighted by atomic mass is 16.5. The van der Waals surface area contributed by atoms with Crippen LogP contribution in [0.2, 0.25) is 0 Å². The van der Waals surface area contributed by atoms with E-state index in [9.17, 15) is 4.79 Å². The largest absolute Gasteiger partial charge is 0.483 e. The molecule has 0 heterocycles. The van der Waals surface area contributed by atoms with E-state index in [1.54, 1.807) is 0 Å². The quantitative estimate of drug-likeness (QED) is 0.829. The third-order valence-corrected chi connectivity index (χ3v) is 4.97. The minimum absolute atomic E-state index is 0.0532. The Bertz CT molecular complexity index is 729. The van der Waals surface area contributed by atoms with Crippen LogP contribution < -0.4 is 10.1 Å². The molecule has 132 valence electrons. The van der Waals surface area contributed by atoms with Crippen molar-refractivity contribution in [3.63, 3.8) is 0 Å². The van der Waals surface area contributed by atoms with Crippen molar-refractivity contribution < 1.29 is 9.53 Å². The molecular formula is C22H27NO2. The van der Waals surface area contributed by atoms with Crippen molar-refractivity contribution in [1.82, 2.24) is 0 Å². The van der Waals surface area contributed by atoms with Crippen LogP contribution in [0, 0.1) is 0 Å². The molecule has 0 aromatic heterocycles. The summed E-state index contributed by atoms with van der Waals surface area (Å²) in [5, 5.41) is 3.07. The maximum absolute atomic E-state index is 12.5. The number of fused-ring (bicyclic) bond motifs is 1. The summed E-state index contributed by atoms with van der Waals surface area (Å²) in [5.41, 5.74) is 5.95. The topological polar surface area (TPSA) is 38.3 Å². The molecule has 0 saturated heterocycles. The van der Waals surface area contributed by atoms with E-state index in [2.05, 4.69) is 43.4 Å². The zero-order chi connectivity index (χ0) is 17.6. The van der Waals surface area contributed by atoms with Crippen LogP contribution in [-0.4, -0.2) is 12.5 Å². The number of benzene rings is 2. The maximum Gasteiger partial charge on any atom is 0.262 e. The lowest BCUT2D eigenvalue weighted by atomic mass is 9.91. The highest BCUT2D eigenvalue weighted by Gasteiger charge is 2.15. The zero-order valence-corrected chi connectivity index (χ0v) is 15.2. The van der Waals surface area contributed by atoms with Gasteiger partial charge in [0.1, 0.15) is 5.75 Å². The Morgan fingerprint density at radius 2 is 1.68 bits per heavy atom. The summed E-state index contributed by atoms with van der Waals surface area (Å²) in [4.78, 5) is 12.5. The van der Waals surface area contributed by atoms with Crippen molar-refractivity contribution in [3.05, 3.63) is 58.7 Å². The summed E-state index contributed by atoms with van der Waals surface area (Å²) in [6.07, 6.45) is 6.40. The first-order valence-corrected chi connectivity index (χ1v) is 9.37. The van der Waals surface area contributed by atoms with Crippen LogP contribution in [0.5, 0.6) is 5.75 Å². The van der Waals surface area contributed by atoms with Crippen molar-refractivity contribution in [3.8, 4) is 5.75 Å². The van der Waals surface area contributed by atoms with Crippen LogP contribution in [0.3, 0.4) is 0 Å². The molecule has 0 spiro atoms. The van der Waals surface area contributed by atoms with E-state index in [-0.39, 0.29) is 12.5 Å². The fourth-order valence-corrected chi connectivity index (χ4v) is 3.60. The van der Waals surface area contributed by atoms with E-state index in [1.165, 1.54) is 35.1 Å². The molecule has 0 aliphatic heterocycles. The molecule has 3 rings (SSSR count). The lowest BCUT2D eigenvalue weighted by Gasteiger charge is -2.19. The number of amides is 1. The molecule has 0 bridgehead atoms. The number of carbonyl (C=O) groups is 1. The molecule has 1 aliphatic carbocycles. The van der Waals surface area contributed by atoms with Gasteiger partial charge in [0.2, 0.25) is 0 Å². The number of hydrogen-bond acceptors (Lipinski definition) is 2. The molecule has 3 heteroatoms. The predicted octanol–water partition coefficient (Wildman–Crippen LogP) is 4.71. The SMILES string of the molecule is CCc1cccc(CC)c1NC(=O)COc1cccc2c1CCCC2. The second-order valence-corrected chi connectivity index (χ2v) is 6.60. The molecule has 0 atom stereocenters. The van der Waals surface area contributed by atoms with Crippen LogP contribution in [0.25, 0.3) is 0 Å². The summed E-state index contributed by atoms with van der Waals surface area (Å²) in [6.45, 7) is 4.27. The number of aryl methyl sites for hydroxylation is 3. The number of para-hydroxylation sites is 1. The van der Waals surface area contributed by atoms with Crippen LogP contribution in [0.1, 0.15) is 48.9 Å². The maximum atomic E-state index is 12.5. The minimum Gasteiger partial charge on any atom is -0.483 e. The van der Waals surface area contributed by atoms with E-state index in [4.69, 9.17) is 4.74 Å².